The highest BCUT2D eigenvalue weighted by atomic mass is 28.4. The molecule has 0 aliphatic heterocycles. The smallest absolute Gasteiger partial charge is 0.367 e. The Morgan fingerprint density at radius 1 is 0.882 bits per heavy atom. The topological polar surface area (TPSA) is 47.9 Å². The first kappa shape index (κ1) is 17.1. The van der Waals surface area contributed by atoms with Crippen LogP contribution in [0.15, 0.2) is 0 Å². The zero-order valence-electron chi connectivity index (χ0n) is 12.3. The normalized spacial score (nSPS) is 14.1. The van der Waals surface area contributed by atoms with E-state index in [-0.39, 0.29) is 0 Å². The molecule has 0 heterocycles. The first-order valence-corrected chi connectivity index (χ1v) is 8.03. The Morgan fingerprint density at radius 2 is 1.24 bits per heavy atom. The minimum absolute atomic E-state index is 0.377. The summed E-state index contributed by atoms with van der Waals surface area (Å²) in [7, 11) is -3.56. The summed E-state index contributed by atoms with van der Waals surface area (Å²) in [5.74, 6) is 0. The van der Waals surface area contributed by atoms with Crippen molar-refractivity contribution in [1.82, 2.24) is 0 Å². The third-order valence-electron chi connectivity index (χ3n) is 2.84. The van der Waals surface area contributed by atoms with Crippen LogP contribution in [0, 0.1) is 0 Å². The van der Waals surface area contributed by atoms with Gasteiger partial charge >= 0.3 is 9.05 Å². The molecule has 104 valence electrons. The highest BCUT2D eigenvalue weighted by molar-refractivity contribution is 6.52. The van der Waals surface area contributed by atoms with Crippen LogP contribution in [0.2, 0.25) is 0 Å². The summed E-state index contributed by atoms with van der Waals surface area (Å²) in [5.41, 5.74) is -0.889. The zero-order valence-corrected chi connectivity index (χ0v) is 13.3. The predicted octanol–water partition coefficient (Wildman–Crippen LogP) is 2.86. The molecule has 0 radical (unpaired) electrons. The van der Waals surface area contributed by atoms with Gasteiger partial charge in [-0.05, 0) is 47.5 Å². The second kappa shape index (κ2) is 6.29. The lowest BCUT2D eigenvalue weighted by molar-refractivity contribution is -0.101. The van der Waals surface area contributed by atoms with Crippen LogP contribution in [0.3, 0.4) is 0 Å². The lowest BCUT2D eigenvalue weighted by Gasteiger charge is -2.37. The Labute approximate surface area is 107 Å². The van der Waals surface area contributed by atoms with E-state index in [1.807, 2.05) is 48.5 Å². The van der Waals surface area contributed by atoms with E-state index < -0.39 is 20.3 Å². The molecular weight excluding hydrogens is 236 g/mol. The van der Waals surface area contributed by atoms with Crippen LogP contribution < -0.4 is 0 Å². The fraction of sp³-hybridized carbons (Fsp3) is 1.00. The molecule has 0 rings (SSSR count). The van der Waals surface area contributed by atoms with Gasteiger partial charge in [-0.15, -0.1) is 0 Å². The number of hydrogen-bond donors (Lipinski definition) is 1. The van der Waals surface area contributed by atoms with E-state index in [4.69, 9.17) is 13.3 Å². The van der Waals surface area contributed by atoms with Gasteiger partial charge in [0.05, 0.1) is 11.2 Å². The van der Waals surface area contributed by atoms with Crippen LogP contribution in [0.5, 0.6) is 0 Å². The fourth-order valence-electron chi connectivity index (χ4n) is 1.10. The van der Waals surface area contributed by atoms with Gasteiger partial charge in [-0.1, -0.05) is 13.8 Å². The van der Waals surface area contributed by atoms with Crippen LogP contribution in [-0.4, -0.2) is 31.7 Å². The van der Waals surface area contributed by atoms with Crippen molar-refractivity contribution < 1.29 is 18.1 Å². The average molecular weight is 264 g/mol. The molecule has 1 N–H and O–H groups in total. The Kier molecular flexibility index (Phi) is 6.31. The van der Waals surface area contributed by atoms with E-state index >= 15 is 0 Å². The average Bonchev–Trinajstić information content (AvgIpc) is 2.16. The summed E-state index contributed by atoms with van der Waals surface area (Å²) in [6, 6.07) is 0. The Hall–Kier alpha value is 0.0569. The monoisotopic (exact) mass is 264 g/mol. The molecule has 0 aromatic rings. The van der Waals surface area contributed by atoms with E-state index in [1.165, 1.54) is 0 Å². The quantitative estimate of drug-likeness (QED) is 0.685. The minimum Gasteiger partial charge on any atom is -0.367 e. The maximum Gasteiger partial charge on any atom is 0.677 e. The number of hydrogen-bond acceptors (Lipinski definition) is 4. The molecular formula is C12H28O4Si. The third-order valence-corrected chi connectivity index (χ3v) is 5.11. The predicted molar refractivity (Wildman–Crippen MR) is 70.5 cm³/mol. The lowest BCUT2D eigenvalue weighted by atomic mass is 10.1. The first-order chi connectivity index (χ1) is 7.60. The van der Waals surface area contributed by atoms with E-state index in [9.17, 15) is 4.80 Å². The first-order valence-electron chi connectivity index (χ1n) is 6.36. The van der Waals surface area contributed by atoms with Crippen molar-refractivity contribution >= 4 is 9.05 Å². The molecule has 4 nitrogen and oxygen atoms in total. The molecule has 5 heteroatoms. The van der Waals surface area contributed by atoms with Gasteiger partial charge in [0.2, 0.25) is 0 Å². The van der Waals surface area contributed by atoms with Crippen LogP contribution in [0.25, 0.3) is 0 Å². The van der Waals surface area contributed by atoms with Gasteiger partial charge in [0.1, 0.15) is 0 Å². The van der Waals surface area contributed by atoms with Gasteiger partial charge in [-0.2, -0.15) is 0 Å². The van der Waals surface area contributed by atoms with Crippen LogP contribution in [-0.2, 0) is 13.3 Å². The fourth-order valence-corrected chi connectivity index (χ4v) is 3.31. The molecule has 0 aromatic heterocycles. The van der Waals surface area contributed by atoms with E-state index in [1.54, 1.807) is 0 Å². The highest BCUT2D eigenvalue weighted by Gasteiger charge is 2.49. The van der Waals surface area contributed by atoms with E-state index in [0.717, 1.165) is 12.8 Å². The van der Waals surface area contributed by atoms with Gasteiger partial charge < -0.3 is 18.1 Å². The molecule has 17 heavy (non-hydrogen) atoms. The van der Waals surface area contributed by atoms with Crippen molar-refractivity contribution in [3.8, 4) is 0 Å². The van der Waals surface area contributed by atoms with Gasteiger partial charge in [-0.25, -0.2) is 0 Å². The molecule has 0 atom stereocenters. The Bertz CT molecular complexity index is 211. The molecule has 0 aliphatic rings. The third kappa shape index (κ3) is 6.52. The van der Waals surface area contributed by atoms with E-state index in [0.29, 0.717) is 6.61 Å². The van der Waals surface area contributed by atoms with Crippen molar-refractivity contribution in [1.29, 1.82) is 0 Å². The summed E-state index contributed by atoms with van der Waals surface area (Å²) < 4.78 is 16.8. The van der Waals surface area contributed by atoms with E-state index in [2.05, 4.69) is 0 Å². The second-order valence-corrected chi connectivity index (χ2v) is 7.13. The molecule has 0 bridgehead atoms. The summed E-state index contributed by atoms with van der Waals surface area (Å²) >= 11 is 0. The SMILES string of the molecule is CCO[Si](O)(OC(C)(C)CC)OC(C)(C)CC. The van der Waals surface area contributed by atoms with Crippen LogP contribution in [0.1, 0.15) is 61.3 Å². The van der Waals surface area contributed by atoms with Gasteiger partial charge in [0.25, 0.3) is 0 Å². The minimum atomic E-state index is -3.56. The molecule has 0 fully saturated rings. The van der Waals surface area contributed by atoms with Crippen LogP contribution >= 0.6 is 0 Å². The van der Waals surface area contributed by atoms with Gasteiger partial charge in [0, 0.05) is 6.61 Å². The molecule has 0 aromatic carbocycles. The Balaban J connectivity index is 4.79. The maximum absolute atomic E-state index is 10.4. The van der Waals surface area contributed by atoms with Crippen molar-refractivity contribution in [3.63, 3.8) is 0 Å². The Morgan fingerprint density at radius 3 is 1.47 bits per heavy atom. The summed E-state index contributed by atoms with van der Waals surface area (Å²) in [6.45, 7) is 13.9. The zero-order chi connectivity index (χ0) is 13.7. The molecule has 0 amide bonds. The van der Waals surface area contributed by atoms with Crippen molar-refractivity contribution in [3.05, 3.63) is 0 Å². The molecule has 0 unspecified atom stereocenters. The van der Waals surface area contributed by atoms with Crippen LogP contribution in [0.4, 0.5) is 0 Å². The standard InChI is InChI=1S/C12H28O4Si/c1-8-11(4,5)15-17(13,14-10-3)16-12(6,7)9-2/h13H,8-10H2,1-7H3. The van der Waals surface area contributed by atoms with Gasteiger partial charge in [-0.3, -0.25) is 0 Å². The summed E-state index contributed by atoms with van der Waals surface area (Å²) in [6.07, 6.45) is 1.57. The molecule has 0 spiro atoms. The highest BCUT2D eigenvalue weighted by Crippen LogP contribution is 2.26. The maximum atomic E-state index is 10.4. The summed E-state index contributed by atoms with van der Waals surface area (Å²) in [5, 5.41) is 0. The lowest BCUT2D eigenvalue weighted by Crippen LogP contribution is -2.55. The van der Waals surface area contributed by atoms with Crippen molar-refractivity contribution in [2.24, 2.45) is 0 Å². The number of rotatable bonds is 8. The molecule has 0 saturated carbocycles. The second-order valence-electron chi connectivity index (χ2n) is 5.39. The largest absolute Gasteiger partial charge is 0.677 e. The molecule has 0 aliphatic carbocycles. The van der Waals surface area contributed by atoms with Crippen molar-refractivity contribution in [2.75, 3.05) is 6.61 Å². The van der Waals surface area contributed by atoms with Gasteiger partial charge in [0.15, 0.2) is 0 Å². The van der Waals surface area contributed by atoms with Crippen molar-refractivity contribution in [2.45, 2.75) is 72.5 Å². The molecule has 0 saturated heterocycles. The summed E-state index contributed by atoms with van der Waals surface area (Å²) in [4.78, 5) is 10.4.